The van der Waals surface area contributed by atoms with Gasteiger partial charge < -0.3 is 10.8 Å². The number of carbonyl (C=O) groups is 1. The van der Waals surface area contributed by atoms with Crippen molar-refractivity contribution in [2.24, 2.45) is 5.73 Å². The van der Waals surface area contributed by atoms with Crippen LogP contribution in [0.5, 0.6) is 0 Å². The van der Waals surface area contributed by atoms with Crippen LogP contribution in [0.25, 0.3) is 0 Å². The van der Waals surface area contributed by atoms with Crippen LogP contribution >= 0.6 is 0 Å². The molecule has 1 aromatic carbocycles. The summed E-state index contributed by atoms with van der Waals surface area (Å²) >= 11 is 0. The summed E-state index contributed by atoms with van der Waals surface area (Å²) in [5.74, 6) is -0.962. The number of aryl methyl sites for hydroxylation is 1. The fourth-order valence-corrected chi connectivity index (χ4v) is 1.93. The largest absolute Gasteiger partial charge is 0.480 e. The predicted octanol–water partition coefficient (Wildman–Crippen LogP) is 1.94. The van der Waals surface area contributed by atoms with E-state index in [0.717, 1.165) is 17.5 Å². The Labute approximate surface area is 96.3 Å². The molecular formula is C13H19NO2. The van der Waals surface area contributed by atoms with Crippen LogP contribution in [0.4, 0.5) is 0 Å². The molecule has 0 aliphatic heterocycles. The van der Waals surface area contributed by atoms with E-state index in [1.807, 2.05) is 38.1 Å². The molecule has 0 bridgehead atoms. The van der Waals surface area contributed by atoms with Gasteiger partial charge >= 0.3 is 5.97 Å². The summed E-state index contributed by atoms with van der Waals surface area (Å²) in [6.45, 7) is 5.81. The highest BCUT2D eigenvalue weighted by molar-refractivity contribution is 5.75. The second kappa shape index (κ2) is 4.66. The first-order valence-electron chi connectivity index (χ1n) is 5.48. The lowest BCUT2D eigenvalue weighted by atomic mass is 9.75. The number of carboxylic acids is 1. The Morgan fingerprint density at radius 1 is 1.44 bits per heavy atom. The summed E-state index contributed by atoms with van der Waals surface area (Å²) in [4.78, 5) is 11.0. The maximum Gasteiger partial charge on any atom is 0.321 e. The van der Waals surface area contributed by atoms with Crippen molar-refractivity contribution in [2.45, 2.75) is 38.6 Å². The molecule has 0 spiro atoms. The molecule has 3 nitrogen and oxygen atoms in total. The van der Waals surface area contributed by atoms with E-state index in [-0.39, 0.29) is 0 Å². The molecule has 1 aromatic rings. The van der Waals surface area contributed by atoms with Crippen LogP contribution in [0.3, 0.4) is 0 Å². The first-order chi connectivity index (χ1) is 7.41. The Morgan fingerprint density at radius 2 is 2.00 bits per heavy atom. The van der Waals surface area contributed by atoms with E-state index < -0.39 is 17.4 Å². The first kappa shape index (κ1) is 12.7. The highest BCUT2D eigenvalue weighted by Gasteiger charge is 2.34. The molecule has 88 valence electrons. The van der Waals surface area contributed by atoms with Gasteiger partial charge in [0.15, 0.2) is 0 Å². The Balaban J connectivity index is 3.20. The van der Waals surface area contributed by atoms with Crippen LogP contribution < -0.4 is 5.73 Å². The van der Waals surface area contributed by atoms with Crippen LogP contribution in [-0.2, 0) is 16.6 Å². The second-order valence-electron chi connectivity index (χ2n) is 4.55. The average molecular weight is 221 g/mol. The molecule has 0 aromatic heterocycles. The van der Waals surface area contributed by atoms with Gasteiger partial charge in [0.2, 0.25) is 0 Å². The van der Waals surface area contributed by atoms with Crippen LogP contribution in [-0.4, -0.2) is 17.1 Å². The number of hydrogen-bond donors (Lipinski definition) is 2. The topological polar surface area (TPSA) is 63.3 Å². The van der Waals surface area contributed by atoms with E-state index in [1.54, 1.807) is 0 Å². The van der Waals surface area contributed by atoms with Gasteiger partial charge in [-0.1, -0.05) is 45.0 Å². The Morgan fingerprint density at radius 3 is 2.50 bits per heavy atom. The minimum atomic E-state index is -0.962. The molecule has 1 atom stereocenters. The van der Waals surface area contributed by atoms with E-state index in [0.29, 0.717) is 0 Å². The Hall–Kier alpha value is -1.35. The van der Waals surface area contributed by atoms with Crippen molar-refractivity contribution in [3.63, 3.8) is 0 Å². The molecule has 0 amide bonds. The van der Waals surface area contributed by atoms with Gasteiger partial charge in [-0.05, 0) is 17.5 Å². The maximum absolute atomic E-state index is 11.0. The third-order valence-corrected chi connectivity index (χ3v) is 3.14. The summed E-state index contributed by atoms with van der Waals surface area (Å²) in [7, 11) is 0. The summed E-state index contributed by atoms with van der Waals surface area (Å²) in [5, 5.41) is 9.02. The van der Waals surface area contributed by atoms with Crippen LogP contribution in [0.1, 0.15) is 31.9 Å². The lowest BCUT2D eigenvalue weighted by Gasteiger charge is -2.31. The van der Waals surface area contributed by atoms with Crippen LogP contribution in [0.15, 0.2) is 24.3 Å². The van der Waals surface area contributed by atoms with Gasteiger partial charge in [0.05, 0.1) is 0 Å². The number of rotatable bonds is 4. The van der Waals surface area contributed by atoms with Crippen molar-refractivity contribution in [1.29, 1.82) is 0 Å². The SMILES string of the molecule is CCc1ccccc1C(C)(C)C(N)C(=O)O. The number of hydrogen-bond acceptors (Lipinski definition) is 2. The predicted molar refractivity (Wildman–Crippen MR) is 64.5 cm³/mol. The molecule has 0 aliphatic rings. The average Bonchev–Trinajstić information content (AvgIpc) is 2.27. The van der Waals surface area contributed by atoms with Crippen LogP contribution in [0, 0.1) is 0 Å². The highest BCUT2D eigenvalue weighted by atomic mass is 16.4. The van der Waals surface area contributed by atoms with Gasteiger partial charge in [-0.3, -0.25) is 4.79 Å². The number of benzene rings is 1. The number of carboxylic acid groups (broad SMARTS) is 1. The molecule has 0 saturated heterocycles. The van der Waals surface area contributed by atoms with Crippen LogP contribution in [0.2, 0.25) is 0 Å². The number of aliphatic carboxylic acids is 1. The van der Waals surface area contributed by atoms with Gasteiger partial charge in [0.25, 0.3) is 0 Å². The van der Waals surface area contributed by atoms with E-state index in [9.17, 15) is 4.79 Å². The molecular weight excluding hydrogens is 202 g/mol. The zero-order valence-electron chi connectivity index (χ0n) is 10.0. The zero-order chi connectivity index (χ0) is 12.3. The van der Waals surface area contributed by atoms with Gasteiger partial charge in [0, 0.05) is 5.41 Å². The fraction of sp³-hybridized carbons (Fsp3) is 0.462. The second-order valence-corrected chi connectivity index (χ2v) is 4.55. The van der Waals surface area contributed by atoms with Crippen molar-refractivity contribution in [1.82, 2.24) is 0 Å². The third kappa shape index (κ3) is 2.25. The quantitative estimate of drug-likeness (QED) is 0.816. The van der Waals surface area contributed by atoms with Gasteiger partial charge in [-0.2, -0.15) is 0 Å². The number of nitrogens with two attached hydrogens (primary N) is 1. The summed E-state index contributed by atoms with van der Waals surface area (Å²) in [6, 6.07) is 6.98. The van der Waals surface area contributed by atoms with Crippen molar-refractivity contribution in [3.8, 4) is 0 Å². The van der Waals surface area contributed by atoms with Gasteiger partial charge in [-0.15, -0.1) is 0 Å². The smallest absolute Gasteiger partial charge is 0.321 e. The monoisotopic (exact) mass is 221 g/mol. The standard InChI is InChI=1S/C13H19NO2/c1-4-9-7-5-6-8-10(9)13(2,3)11(14)12(15)16/h5-8,11H,4,14H2,1-3H3,(H,15,16). The Kier molecular flexibility index (Phi) is 3.70. The lowest BCUT2D eigenvalue weighted by Crippen LogP contribution is -2.47. The summed E-state index contributed by atoms with van der Waals surface area (Å²) < 4.78 is 0. The molecule has 16 heavy (non-hydrogen) atoms. The summed E-state index contributed by atoms with van der Waals surface area (Å²) in [6.07, 6.45) is 0.881. The molecule has 0 heterocycles. The molecule has 1 unspecified atom stereocenters. The van der Waals surface area contributed by atoms with Gasteiger partial charge in [0.1, 0.15) is 6.04 Å². The molecule has 0 fully saturated rings. The lowest BCUT2D eigenvalue weighted by molar-refractivity contribution is -0.140. The molecule has 0 aliphatic carbocycles. The minimum Gasteiger partial charge on any atom is -0.480 e. The van der Waals surface area contributed by atoms with Crippen molar-refractivity contribution >= 4 is 5.97 Å². The molecule has 3 heteroatoms. The normalized spacial score (nSPS) is 13.5. The van der Waals surface area contributed by atoms with Crippen molar-refractivity contribution in [2.75, 3.05) is 0 Å². The van der Waals surface area contributed by atoms with E-state index in [4.69, 9.17) is 10.8 Å². The molecule has 3 N–H and O–H groups in total. The highest BCUT2D eigenvalue weighted by Crippen LogP contribution is 2.29. The minimum absolute atomic E-state index is 0.557. The van der Waals surface area contributed by atoms with Gasteiger partial charge in [-0.25, -0.2) is 0 Å². The third-order valence-electron chi connectivity index (χ3n) is 3.14. The molecule has 0 saturated carbocycles. The first-order valence-corrected chi connectivity index (χ1v) is 5.48. The zero-order valence-corrected chi connectivity index (χ0v) is 10.0. The maximum atomic E-state index is 11.0. The van der Waals surface area contributed by atoms with Crippen molar-refractivity contribution < 1.29 is 9.90 Å². The summed E-state index contributed by atoms with van der Waals surface area (Å²) in [5.41, 5.74) is 7.37. The molecule has 1 rings (SSSR count). The van der Waals surface area contributed by atoms with E-state index >= 15 is 0 Å². The van der Waals surface area contributed by atoms with E-state index in [2.05, 4.69) is 6.92 Å². The van der Waals surface area contributed by atoms with Crippen molar-refractivity contribution in [3.05, 3.63) is 35.4 Å². The fourth-order valence-electron chi connectivity index (χ4n) is 1.93. The molecule has 0 radical (unpaired) electrons. The van der Waals surface area contributed by atoms with E-state index in [1.165, 1.54) is 0 Å². The Bertz CT molecular complexity index is 385.